The Bertz CT molecular complexity index is 895. The molecular formula is C23H23N3O. The first-order valence-corrected chi connectivity index (χ1v) is 9.78. The molecule has 3 unspecified atom stereocenters. The summed E-state index contributed by atoms with van der Waals surface area (Å²) >= 11 is 0. The van der Waals surface area contributed by atoms with Crippen LogP contribution in [0.25, 0.3) is 0 Å². The zero-order valence-electron chi connectivity index (χ0n) is 15.3. The van der Waals surface area contributed by atoms with E-state index >= 15 is 0 Å². The summed E-state index contributed by atoms with van der Waals surface area (Å²) < 4.78 is 0. The molecule has 4 aliphatic heterocycles. The van der Waals surface area contributed by atoms with E-state index in [0.29, 0.717) is 29.5 Å². The van der Waals surface area contributed by atoms with Crippen LogP contribution in [0, 0.1) is 18.3 Å². The summed E-state index contributed by atoms with van der Waals surface area (Å²) in [7, 11) is 0. The minimum atomic E-state index is 0.113. The van der Waals surface area contributed by atoms with Crippen molar-refractivity contribution in [2.24, 2.45) is 5.92 Å². The molecule has 4 aliphatic rings. The molecule has 4 saturated heterocycles. The predicted molar refractivity (Wildman–Crippen MR) is 104 cm³/mol. The number of hydrogen-bond donors (Lipinski definition) is 0. The van der Waals surface area contributed by atoms with Gasteiger partial charge in [0, 0.05) is 42.0 Å². The zero-order chi connectivity index (χ0) is 18.4. The number of rotatable bonds is 2. The first kappa shape index (κ1) is 16.5. The number of fused-ring (bicyclic) bond motifs is 2. The molecule has 0 spiro atoms. The second-order valence-electron chi connectivity index (χ2n) is 7.93. The Morgan fingerprint density at radius 2 is 2.00 bits per heavy atom. The number of hydrogen-bond acceptors (Lipinski definition) is 3. The second-order valence-corrected chi connectivity index (χ2v) is 7.93. The third-order valence-electron chi connectivity index (χ3n) is 6.64. The number of carbonyl (C=O) groups excluding carboxylic acids is 1. The van der Waals surface area contributed by atoms with Crippen molar-refractivity contribution in [2.45, 2.75) is 30.8 Å². The number of pyridine rings is 1. The molecular weight excluding hydrogens is 334 g/mol. The lowest BCUT2D eigenvalue weighted by Crippen LogP contribution is -2.60. The highest BCUT2D eigenvalue weighted by atomic mass is 16.2. The van der Waals surface area contributed by atoms with Gasteiger partial charge in [-0.3, -0.25) is 14.7 Å². The second kappa shape index (κ2) is 6.51. The summed E-state index contributed by atoms with van der Waals surface area (Å²) in [5.41, 5.74) is 2.70. The van der Waals surface area contributed by atoms with Crippen molar-refractivity contribution in [3.63, 3.8) is 0 Å². The topological polar surface area (TPSA) is 36.4 Å². The highest BCUT2D eigenvalue weighted by Crippen LogP contribution is 2.46. The quantitative estimate of drug-likeness (QED) is 0.776. The minimum Gasteiger partial charge on any atom is -0.333 e. The molecule has 0 N–H and O–H groups in total. The Kier molecular flexibility index (Phi) is 3.98. The molecule has 4 fully saturated rings. The summed E-state index contributed by atoms with van der Waals surface area (Å²) in [5, 5.41) is 0. The normalized spacial score (nSPS) is 31.4. The van der Waals surface area contributed by atoms with Gasteiger partial charge < -0.3 is 4.90 Å². The molecule has 4 heteroatoms. The van der Waals surface area contributed by atoms with Gasteiger partial charge in [0.2, 0.25) is 0 Å². The van der Waals surface area contributed by atoms with E-state index in [-0.39, 0.29) is 5.91 Å². The Labute approximate surface area is 160 Å². The molecule has 0 saturated carbocycles. The predicted octanol–water partition coefficient (Wildman–Crippen LogP) is 2.77. The SMILES string of the molecule is C#Cc1cccc(C(=O)N2CC(c3cccnc3)C3C2C2CCN3CC2)c1. The van der Waals surface area contributed by atoms with Crippen molar-refractivity contribution >= 4 is 5.91 Å². The lowest BCUT2D eigenvalue weighted by molar-refractivity contribution is -0.00342. The van der Waals surface area contributed by atoms with Crippen molar-refractivity contribution in [3.8, 4) is 12.3 Å². The van der Waals surface area contributed by atoms with Crippen LogP contribution in [0.15, 0.2) is 48.8 Å². The van der Waals surface area contributed by atoms with Crippen molar-refractivity contribution in [1.82, 2.24) is 14.8 Å². The van der Waals surface area contributed by atoms with Crippen LogP contribution in [0.4, 0.5) is 0 Å². The van der Waals surface area contributed by atoms with Gasteiger partial charge in [-0.1, -0.05) is 18.1 Å². The summed E-state index contributed by atoms with van der Waals surface area (Å²) in [5.74, 6) is 3.68. The first-order chi connectivity index (χ1) is 13.3. The molecule has 6 rings (SSSR count). The van der Waals surface area contributed by atoms with E-state index < -0.39 is 0 Å². The van der Waals surface area contributed by atoms with Crippen LogP contribution in [0.2, 0.25) is 0 Å². The molecule has 2 aromatic rings. The number of nitrogens with zero attached hydrogens (tertiary/aromatic N) is 3. The monoisotopic (exact) mass is 357 g/mol. The third kappa shape index (κ3) is 2.65. The smallest absolute Gasteiger partial charge is 0.254 e. The van der Waals surface area contributed by atoms with Crippen molar-refractivity contribution in [3.05, 3.63) is 65.5 Å². The Morgan fingerprint density at radius 1 is 1.15 bits per heavy atom. The van der Waals surface area contributed by atoms with Crippen LogP contribution in [0.5, 0.6) is 0 Å². The van der Waals surface area contributed by atoms with Crippen LogP contribution in [0.1, 0.15) is 40.2 Å². The fourth-order valence-corrected chi connectivity index (χ4v) is 5.45. The summed E-state index contributed by atoms with van der Waals surface area (Å²) in [4.78, 5) is 22.5. The molecule has 1 aromatic carbocycles. The maximum absolute atomic E-state index is 13.4. The van der Waals surface area contributed by atoms with Gasteiger partial charge in [-0.25, -0.2) is 0 Å². The van der Waals surface area contributed by atoms with Gasteiger partial charge in [-0.05, 0) is 61.7 Å². The molecule has 5 heterocycles. The average Bonchev–Trinajstić information content (AvgIpc) is 3.17. The highest BCUT2D eigenvalue weighted by Gasteiger charge is 2.54. The molecule has 136 valence electrons. The first-order valence-electron chi connectivity index (χ1n) is 9.78. The van der Waals surface area contributed by atoms with Crippen LogP contribution in [-0.2, 0) is 0 Å². The van der Waals surface area contributed by atoms with E-state index in [1.54, 1.807) is 0 Å². The molecule has 27 heavy (non-hydrogen) atoms. The molecule has 1 amide bonds. The van der Waals surface area contributed by atoms with Gasteiger partial charge in [-0.15, -0.1) is 6.42 Å². The zero-order valence-corrected chi connectivity index (χ0v) is 15.3. The Hall–Kier alpha value is -2.64. The lowest BCUT2D eigenvalue weighted by atomic mass is 9.75. The van der Waals surface area contributed by atoms with Crippen LogP contribution < -0.4 is 0 Å². The van der Waals surface area contributed by atoms with E-state index in [0.717, 1.165) is 25.2 Å². The van der Waals surface area contributed by atoms with Gasteiger partial charge in [0.15, 0.2) is 0 Å². The summed E-state index contributed by atoms with van der Waals surface area (Å²) in [6.07, 6.45) is 11.7. The van der Waals surface area contributed by atoms with Gasteiger partial charge >= 0.3 is 0 Å². The summed E-state index contributed by atoms with van der Waals surface area (Å²) in [6, 6.07) is 12.3. The number of benzene rings is 1. The number of carbonyl (C=O) groups is 1. The fraction of sp³-hybridized carbons (Fsp3) is 0.391. The molecule has 2 bridgehead atoms. The number of likely N-dealkylation sites (tertiary alicyclic amines) is 1. The number of piperidine rings is 3. The van der Waals surface area contributed by atoms with E-state index in [4.69, 9.17) is 6.42 Å². The molecule has 0 aliphatic carbocycles. The van der Waals surface area contributed by atoms with Crippen LogP contribution in [0.3, 0.4) is 0 Å². The van der Waals surface area contributed by atoms with Crippen molar-refractivity contribution < 1.29 is 4.79 Å². The molecule has 4 nitrogen and oxygen atoms in total. The highest BCUT2D eigenvalue weighted by molar-refractivity contribution is 5.95. The van der Waals surface area contributed by atoms with E-state index in [1.807, 2.05) is 42.7 Å². The van der Waals surface area contributed by atoms with Crippen LogP contribution >= 0.6 is 0 Å². The van der Waals surface area contributed by atoms with Gasteiger partial charge in [-0.2, -0.15) is 0 Å². The van der Waals surface area contributed by atoms with Gasteiger partial charge in [0.05, 0.1) is 6.04 Å². The maximum atomic E-state index is 13.4. The molecule has 1 aromatic heterocycles. The van der Waals surface area contributed by atoms with E-state index in [2.05, 4.69) is 26.8 Å². The third-order valence-corrected chi connectivity index (χ3v) is 6.64. The van der Waals surface area contributed by atoms with E-state index in [9.17, 15) is 4.79 Å². The largest absolute Gasteiger partial charge is 0.333 e. The number of amides is 1. The van der Waals surface area contributed by atoms with Gasteiger partial charge in [0.25, 0.3) is 5.91 Å². The van der Waals surface area contributed by atoms with Crippen molar-refractivity contribution in [1.29, 1.82) is 0 Å². The van der Waals surface area contributed by atoms with Crippen LogP contribution in [-0.4, -0.2) is 52.4 Å². The molecule has 3 atom stereocenters. The maximum Gasteiger partial charge on any atom is 0.254 e. The molecule has 0 radical (unpaired) electrons. The minimum absolute atomic E-state index is 0.113. The Morgan fingerprint density at radius 3 is 2.74 bits per heavy atom. The average molecular weight is 357 g/mol. The Balaban J connectivity index is 1.52. The number of terminal acetylenes is 1. The fourth-order valence-electron chi connectivity index (χ4n) is 5.45. The summed E-state index contributed by atoms with van der Waals surface area (Å²) in [6.45, 7) is 3.06. The standard InChI is InChI=1S/C23H23N3O/c1-2-16-5-3-6-18(13-16)23(27)26-15-20(19-7-4-10-24-14-19)22-21(26)17-8-11-25(22)12-9-17/h1,3-7,10,13-14,17,20-22H,8-9,11-12,15H2. The van der Waals surface area contributed by atoms with Gasteiger partial charge in [0.1, 0.15) is 0 Å². The van der Waals surface area contributed by atoms with Crippen molar-refractivity contribution in [2.75, 3.05) is 19.6 Å². The van der Waals surface area contributed by atoms with E-state index in [1.165, 1.54) is 18.4 Å². The lowest BCUT2D eigenvalue weighted by Gasteiger charge is -2.51. The number of aromatic nitrogens is 1.